The predicted molar refractivity (Wildman–Crippen MR) is 118 cm³/mol. The average Bonchev–Trinajstić information content (AvgIpc) is 3.28. The van der Waals surface area contributed by atoms with E-state index in [2.05, 4.69) is 46.4 Å². The molecular weight excluding hydrogens is 302 g/mol. The highest BCUT2D eigenvalue weighted by atomic mass is 15.2. The highest BCUT2D eigenvalue weighted by molar-refractivity contribution is 4.89. The van der Waals surface area contributed by atoms with Crippen molar-refractivity contribution in [3.8, 4) is 0 Å². The molecule has 0 bridgehead atoms. The fourth-order valence-corrected chi connectivity index (χ4v) is 3.87. The van der Waals surface area contributed by atoms with Crippen molar-refractivity contribution in [3.05, 3.63) is 0 Å². The van der Waals surface area contributed by atoms with Crippen LogP contribution in [0.1, 0.15) is 114 Å². The van der Waals surface area contributed by atoms with E-state index in [9.17, 15) is 0 Å². The quantitative estimate of drug-likeness (QED) is 0.466. The Bertz CT molecular complexity index is 240. The summed E-state index contributed by atoms with van der Waals surface area (Å²) in [6.45, 7) is 17.7. The predicted octanol–water partition coefficient (Wildman–Crippen LogP) is 8.04. The zero-order valence-electron chi connectivity index (χ0n) is 17.2. The minimum Gasteiger partial charge on any atom is -0.303 e. The summed E-state index contributed by atoms with van der Waals surface area (Å²) in [6.07, 6.45) is 13.1. The van der Waals surface area contributed by atoms with Crippen LogP contribution in [-0.4, -0.2) is 24.5 Å². The van der Waals surface area contributed by atoms with Gasteiger partial charge in [-0.3, -0.25) is 0 Å². The Hall–Kier alpha value is -0.0400. The van der Waals surface area contributed by atoms with Crippen molar-refractivity contribution in [2.24, 2.45) is 23.2 Å². The third-order valence-corrected chi connectivity index (χ3v) is 7.00. The Morgan fingerprint density at radius 3 is 1.28 bits per heavy atom. The fourth-order valence-electron chi connectivity index (χ4n) is 3.87. The van der Waals surface area contributed by atoms with Crippen molar-refractivity contribution in [1.82, 2.24) is 4.90 Å². The molecule has 2 aliphatic carbocycles. The third-order valence-electron chi connectivity index (χ3n) is 7.00. The fraction of sp³-hybridized carbons (Fsp3) is 1.00. The van der Waals surface area contributed by atoms with Crippen LogP contribution in [0.2, 0.25) is 0 Å². The standard InChI is InChI=1S/C8H16.C7H15N.C7H14.2CH4/c2*1-3-7-5-8(4-2)6-7;1-3-7(4-2)5-6-7;;/h7-8H,3-6H2,1-2H3;7H,3-6H2,1-2H3;3-6H2,1-2H3;2*1H4. The normalized spacial score (nSPS) is 26.2. The zero-order valence-corrected chi connectivity index (χ0v) is 17.2. The van der Waals surface area contributed by atoms with Gasteiger partial charge in [0.25, 0.3) is 0 Å². The van der Waals surface area contributed by atoms with Crippen LogP contribution in [-0.2, 0) is 0 Å². The number of hydrogen-bond donors (Lipinski definition) is 0. The van der Waals surface area contributed by atoms with Crippen molar-refractivity contribution in [2.75, 3.05) is 19.6 Å². The van der Waals surface area contributed by atoms with Crippen LogP contribution in [0.15, 0.2) is 0 Å². The van der Waals surface area contributed by atoms with Crippen molar-refractivity contribution >= 4 is 0 Å². The topological polar surface area (TPSA) is 3.24 Å². The molecule has 154 valence electrons. The summed E-state index contributed by atoms with van der Waals surface area (Å²) in [6, 6.07) is 0. The molecule has 0 aromatic rings. The smallest absolute Gasteiger partial charge is 0.00218 e. The van der Waals surface area contributed by atoms with Crippen molar-refractivity contribution < 1.29 is 0 Å². The molecule has 0 amide bonds. The molecule has 3 rings (SSSR count). The summed E-state index contributed by atoms with van der Waals surface area (Å²) < 4.78 is 0. The number of nitrogens with zero attached hydrogens (tertiary/aromatic N) is 1. The first-order valence-corrected chi connectivity index (χ1v) is 10.8. The summed E-state index contributed by atoms with van der Waals surface area (Å²) in [4.78, 5) is 2.48. The first-order valence-electron chi connectivity index (χ1n) is 10.8. The molecule has 0 atom stereocenters. The molecule has 1 heterocycles. The van der Waals surface area contributed by atoms with Gasteiger partial charge in [0.1, 0.15) is 0 Å². The summed E-state index contributed by atoms with van der Waals surface area (Å²) in [5.41, 5.74) is 0.833. The van der Waals surface area contributed by atoms with E-state index in [0.29, 0.717) is 0 Å². The summed E-state index contributed by atoms with van der Waals surface area (Å²) in [7, 11) is 0. The molecule has 0 unspecified atom stereocenters. The molecule has 0 spiro atoms. The van der Waals surface area contributed by atoms with Gasteiger partial charge < -0.3 is 4.90 Å². The van der Waals surface area contributed by atoms with Crippen LogP contribution in [0.3, 0.4) is 0 Å². The highest BCUT2D eigenvalue weighted by Crippen LogP contribution is 2.51. The lowest BCUT2D eigenvalue weighted by Crippen LogP contribution is -2.45. The van der Waals surface area contributed by atoms with E-state index >= 15 is 0 Å². The molecule has 1 heteroatoms. The number of hydrogen-bond acceptors (Lipinski definition) is 1. The molecular formula is C24H53N. The van der Waals surface area contributed by atoms with Gasteiger partial charge in [-0.25, -0.2) is 0 Å². The molecule has 25 heavy (non-hydrogen) atoms. The van der Waals surface area contributed by atoms with Crippen LogP contribution in [0.4, 0.5) is 0 Å². The monoisotopic (exact) mass is 355 g/mol. The average molecular weight is 356 g/mol. The second-order valence-corrected chi connectivity index (χ2v) is 8.35. The Morgan fingerprint density at radius 2 is 1.08 bits per heavy atom. The van der Waals surface area contributed by atoms with Gasteiger partial charge in [-0.05, 0) is 55.4 Å². The van der Waals surface area contributed by atoms with Gasteiger partial charge in [0, 0.05) is 13.1 Å². The van der Waals surface area contributed by atoms with Crippen molar-refractivity contribution in [2.45, 2.75) is 114 Å². The molecule has 0 radical (unpaired) electrons. The number of likely N-dealkylation sites (tertiary alicyclic amines) is 1. The molecule has 1 aliphatic heterocycles. The van der Waals surface area contributed by atoms with Crippen molar-refractivity contribution in [1.29, 1.82) is 0 Å². The van der Waals surface area contributed by atoms with Crippen LogP contribution in [0.25, 0.3) is 0 Å². The highest BCUT2D eigenvalue weighted by Gasteiger charge is 2.38. The van der Waals surface area contributed by atoms with Crippen LogP contribution >= 0.6 is 0 Å². The van der Waals surface area contributed by atoms with E-state index in [1.54, 1.807) is 0 Å². The zero-order chi connectivity index (χ0) is 17.3. The lowest BCUT2D eigenvalue weighted by Gasteiger charge is -2.37. The second kappa shape index (κ2) is 14.1. The maximum atomic E-state index is 2.48. The van der Waals surface area contributed by atoms with Gasteiger partial charge in [0.15, 0.2) is 0 Å². The lowest BCUT2D eigenvalue weighted by molar-refractivity contribution is 0.105. The summed E-state index contributed by atoms with van der Waals surface area (Å²) in [5, 5.41) is 0. The Morgan fingerprint density at radius 1 is 0.680 bits per heavy atom. The second-order valence-electron chi connectivity index (χ2n) is 8.35. The summed E-state index contributed by atoms with van der Waals surface area (Å²) >= 11 is 0. The van der Waals surface area contributed by atoms with E-state index in [1.165, 1.54) is 77.4 Å². The molecule has 1 saturated heterocycles. The van der Waals surface area contributed by atoms with Crippen LogP contribution in [0.5, 0.6) is 0 Å². The Kier molecular flexibility index (Phi) is 15.3. The molecule has 0 N–H and O–H groups in total. The van der Waals surface area contributed by atoms with Gasteiger partial charge in [0.05, 0.1) is 0 Å². The molecule has 3 aliphatic rings. The van der Waals surface area contributed by atoms with Crippen LogP contribution < -0.4 is 0 Å². The van der Waals surface area contributed by atoms with Gasteiger partial charge in [-0.2, -0.15) is 0 Å². The first-order chi connectivity index (χ1) is 11.1. The summed E-state index contributed by atoms with van der Waals surface area (Å²) in [5.74, 6) is 3.22. The SMILES string of the molecule is C.C.CCC1(CC)CC1.CCC1CC(CC)C1.CCC1CN(CC)C1. The van der Waals surface area contributed by atoms with E-state index in [4.69, 9.17) is 0 Å². The molecule has 0 aromatic carbocycles. The molecule has 3 fully saturated rings. The first kappa shape index (κ1) is 27.2. The minimum absolute atomic E-state index is 0. The maximum Gasteiger partial charge on any atom is 0.00218 e. The minimum atomic E-state index is 0. The number of rotatable bonds is 6. The van der Waals surface area contributed by atoms with Gasteiger partial charge in [0.2, 0.25) is 0 Å². The van der Waals surface area contributed by atoms with Crippen molar-refractivity contribution in [3.63, 3.8) is 0 Å². The molecule has 2 saturated carbocycles. The van der Waals surface area contributed by atoms with Gasteiger partial charge >= 0.3 is 0 Å². The lowest BCUT2D eigenvalue weighted by atomic mass is 9.72. The van der Waals surface area contributed by atoms with E-state index in [-0.39, 0.29) is 14.9 Å². The Labute approximate surface area is 162 Å². The maximum absolute atomic E-state index is 2.48. The van der Waals surface area contributed by atoms with E-state index < -0.39 is 0 Å². The van der Waals surface area contributed by atoms with Crippen LogP contribution in [0, 0.1) is 23.2 Å². The van der Waals surface area contributed by atoms with E-state index in [1.807, 2.05) is 0 Å². The third kappa shape index (κ3) is 9.45. The largest absolute Gasteiger partial charge is 0.303 e. The molecule has 1 nitrogen and oxygen atoms in total. The van der Waals surface area contributed by atoms with Gasteiger partial charge in [-0.15, -0.1) is 0 Å². The Balaban J connectivity index is 0. The molecule has 0 aromatic heterocycles. The van der Waals surface area contributed by atoms with E-state index in [0.717, 1.165) is 23.2 Å². The van der Waals surface area contributed by atoms with Gasteiger partial charge in [-0.1, -0.05) is 88.5 Å².